The maximum atomic E-state index is 11.4. The highest BCUT2D eigenvalue weighted by Crippen LogP contribution is 2.03. The molecule has 0 heterocycles. The van der Waals surface area contributed by atoms with Gasteiger partial charge in [-0.3, -0.25) is 0 Å². The molecule has 0 spiro atoms. The first-order valence-electron chi connectivity index (χ1n) is 3.20. The minimum atomic E-state index is -2.15. The Balaban J connectivity index is 2.99. The molecule has 0 rings (SSSR count). The zero-order chi connectivity index (χ0) is 7.11. The van der Waals surface area contributed by atoms with E-state index in [2.05, 4.69) is 0 Å². The van der Waals surface area contributed by atoms with E-state index < -0.39 is 6.43 Å². The van der Waals surface area contributed by atoms with E-state index in [-0.39, 0.29) is 6.42 Å². The molecule has 0 unspecified atom stereocenters. The van der Waals surface area contributed by atoms with Crippen LogP contribution < -0.4 is 0 Å². The molecule has 9 heavy (non-hydrogen) atoms. The van der Waals surface area contributed by atoms with E-state index in [0.29, 0.717) is 6.42 Å². The van der Waals surface area contributed by atoms with Crippen molar-refractivity contribution in [3.05, 3.63) is 12.2 Å². The van der Waals surface area contributed by atoms with Crippen LogP contribution in [0.3, 0.4) is 0 Å². The lowest BCUT2D eigenvalue weighted by Gasteiger charge is -1.91. The Morgan fingerprint density at radius 1 is 1.33 bits per heavy atom. The fourth-order valence-electron chi connectivity index (χ4n) is 0.507. The van der Waals surface area contributed by atoms with E-state index >= 15 is 0 Å². The number of rotatable bonds is 4. The van der Waals surface area contributed by atoms with Crippen LogP contribution in [-0.4, -0.2) is 6.43 Å². The van der Waals surface area contributed by atoms with Crippen molar-refractivity contribution in [3.63, 3.8) is 0 Å². The van der Waals surface area contributed by atoms with Crippen molar-refractivity contribution in [2.75, 3.05) is 0 Å². The third-order valence-corrected chi connectivity index (χ3v) is 0.954. The zero-order valence-corrected chi connectivity index (χ0v) is 5.61. The van der Waals surface area contributed by atoms with E-state index in [4.69, 9.17) is 0 Å². The number of hydrogen-bond donors (Lipinski definition) is 0. The predicted molar refractivity (Wildman–Crippen MR) is 34.7 cm³/mol. The molecule has 0 aliphatic heterocycles. The van der Waals surface area contributed by atoms with Gasteiger partial charge in [0, 0.05) is 6.42 Å². The summed E-state index contributed by atoms with van der Waals surface area (Å²) in [4.78, 5) is 0. The summed E-state index contributed by atoms with van der Waals surface area (Å²) in [6.45, 7) is 1.98. The number of hydrogen-bond acceptors (Lipinski definition) is 0. The highest BCUT2D eigenvalue weighted by atomic mass is 19.3. The lowest BCUT2D eigenvalue weighted by Crippen LogP contribution is -1.86. The van der Waals surface area contributed by atoms with Gasteiger partial charge in [0.25, 0.3) is 0 Å². The molecule has 0 aromatic rings. The molecule has 0 radical (unpaired) electrons. The van der Waals surface area contributed by atoms with Crippen molar-refractivity contribution in [2.45, 2.75) is 32.6 Å². The summed E-state index contributed by atoms with van der Waals surface area (Å²) < 4.78 is 22.9. The number of alkyl halides is 2. The van der Waals surface area contributed by atoms with Gasteiger partial charge < -0.3 is 0 Å². The van der Waals surface area contributed by atoms with Gasteiger partial charge in [-0.15, -0.1) is 0 Å². The minimum Gasteiger partial charge on any atom is -0.211 e. The molecule has 2 heteroatoms. The van der Waals surface area contributed by atoms with Gasteiger partial charge in [0.15, 0.2) is 0 Å². The van der Waals surface area contributed by atoms with E-state index in [1.807, 2.05) is 13.0 Å². The molecule has 54 valence electrons. The second kappa shape index (κ2) is 5.73. The van der Waals surface area contributed by atoms with E-state index in [9.17, 15) is 8.78 Å². The van der Waals surface area contributed by atoms with Gasteiger partial charge in [-0.2, -0.15) is 0 Å². The highest BCUT2D eigenvalue weighted by Gasteiger charge is 1.97. The highest BCUT2D eigenvalue weighted by molar-refractivity contribution is 4.79. The van der Waals surface area contributed by atoms with Crippen LogP contribution in [0.4, 0.5) is 8.78 Å². The Morgan fingerprint density at radius 2 is 2.00 bits per heavy atom. The summed E-state index contributed by atoms with van der Waals surface area (Å²) in [5, 5.41) is 0. The van der Waals surface area contributed by atoms with E-state index in [1.165, 1.54) is 0 Å². The van der Waals surface area contributed by atoms with Crippen molar-refractivity contribution in [3.8, 4) is 0 Å². The molecule has 0 aromatic carbocycles. The molecule has 0 fully saturated rings. The van der Waals surface area contributed by atoms with Crippen molar-refractivity contribution in [2.24, 2.45) is 0 Å². The van der Waals surface area contributed by atoms with Gasteiger partial charge in [-0.25, -0.2) is 8.78 Å². The summed E-state index contributed by atoms with van der Waals surface area (Å²) in [6.07, 6.45) is 2.99. The Hall–Kier alpha value is -0.400. The average molecular weight is 134 g/mol. The lowest BCUT2D eigenvalue weighted by atomic mass is 10.3. The summed E-state index contributed by atoms with van der Waals surface area (Å²) in [5.41, 5.74) is 0. The van der Waals surface area contributed by atoms with Gasteiger partial charge in [0.2, 0.25) is 6.43 Å². The van der Waals surface area contributed by atoms with E-state index in [0.717, 1.165) is 6.42 Å². The first-order chi connectivity index (χ1) is 4.27. The Bertz CT molecular complexity index is 77.0. The van der Waals surface area contributed by atoms with Crippen LogP contribution in [0.5, 0.6) is 0 Å². The van der Waals surface area contributed by atoms with Crippen molar-refractivity contribution >= 4 is 0 Å². The van der Waals surface area contributed by atoms with Gasteiger partial charge in [0.1, 0.15) is 0 Å². The third kappa shape index (κ3) is 7.60. The molecule has 0 amide bonds. The number of halogens is 2. The van der Waals surface area contributed by atoms with Crippen LogP contribution in [0.25, 0.3) is 0 Å². The normalized spacial score (nSPS) is 11.6. The maximum Gasteiger partial charge on any atom is 0.238 e. The fraction of sp³-hybridized carbons (Fsp3) is 0.714. The molecule has 0 N–H and O–H groups in total. The largest absolute Gasteiger partial charge is 0.238 e. The van der Waals surface area contributed by atoms with Crippen molar-refractivity contribution in [1.29, 1.82) is 0 Å². The quantitative estimate of drug-likeness (QED) is 0.518. The summed E-state index contributed by atoms with van der Waals surface area (Å²) >= 11 is 0. The summed E-state index contributed by atoms with van der Waals surface area (Å²) in [7, 11) is 0. The van der Waals surface area contributed by atoms with Crippen LogP contribution in [0.15, 0.2) is 12.2 Å². The second-order valence-corrected chi connectivity index (χ2v) is 1.85. The molecule has 0 bridgehead atoms. The topological polar surface area (TPSA) is 0 Å². The third-order valence-electron chi connectivity index (χ3n) is 0.954. The second-order valence-electron chi connectivity index (χ2n) is 1.85. The minimum absolute atomic E-state index is 0.00347. The molecular formula is C7H12F2. The number of allylic oxidation sites excluding steroid dienone is 2. The SMILES string of the molecule is CC/C=C/CCC(F)F. The first kappa shape index (κ1) is 8.60. The van der Waals surface area contributed by atoms with Gasteiger partial charge in [-0.05, 0) is 12.8 Å². The first-order valence-corrected chi connectivity index (χ1v) is 3.20. The molecule has 0 aromatic heterocycles. The van der Waals surface area contributed by atoms with Gasteiger partial charge >= 0.3 is 0 Å². The molecule has 0 nitrogen and oxygen atoms in total. The lowest BCUT2D eigenvalue weighted by molar-refractivity contribution is 0.139. The van der Waals surface area contributed by atoms with Crippen LogP contribution in [-0.2, 0) is 0 Å². The summed E-state index contributed by atoms with van der Waals surface area (Å²) in [5.74, 6) is 0. The van der Waals surface area contributed by atoms with Crippen LogP contribution >= 0.6 is 0 Å². The molecule has 0 aliphatic rings. The predicted octanol–water partition coefficient (Wildman–Crippen LogP) is 3.00. The summed E-state index contributed by atoms with van der Waals surface area (Å²) in [6, 6.07) is 0. The van der Waals surface area contributed by atoms with Crippen LogP contribution in [0.2, 0.25) is 0 Å². The molecule has 0 aliphatic carbocycles. The fourth-order valence-corrected chi connectivity index (χ4v) is 0.507. The maximum absolute atomic E-state index is 11.4. The van der Waals surface area contributed by atoms with E-state index in [1.54, 1.807) is 6.08 Å². The Morgan fingerprint density at radius 3 is 2.44 bits per heavy atom. The van der Waals surface area contributed by atoms with Gasteiger partial charge in [-0.1, -0.05) is 19.1 Å². The molecule has 0 saturated carbocycles. The monoisotopic (exact) mass is 134 g/mol. The Labute approximate surface area is 54.6 Å². The van der Waals surface area contributed by atoms with Crippen LogP contribution in [0.1, 0.15) is 26.2 Å². The standard InChI is InChI=1S/C7H12F2/c1-2-3-4-5-6-7(8)9/h3-4,7H,2,5-6H2,1H3/b4-3+. The van der Waals surface area contributed by atoms with Crippen molar-refractivity contribution < 1.29 is 8.78 Å². The van der Waals surface area contributed by atoms with Crippen molar-refractivity contribution in [1.82, 2.24) is 0 Å². The van der Waals surface area contributed by atoms with Crippen LogP contribution in [0, 0.1) is 0 Å². The molecule has 0 saturated heterocycles. The smallest absolute Gasteiger partial charge is 0.211 e. The van der Waals surface area contributed by atoms with Gasteiger partial charge in [0.05, 0.1) is 0 Å². The molecule has 0 atom stereocenters. The Kier molecular flexibility index (Phi) is 5.48. The zero-order valence-electron chi connectivity index (χ0n) is 5.61. The average Bonchev–Trinajstić information content (AvgIpc) is 1.80. The molecular weight excluding hydrogens is 122 g/mol.